The molecule has 126 valence electrons. The van der Waals surface area contributed by atoms with Gasteiger partial charge in [-0.25, -0.2) is 0 Å². The van der Waals surface area contributed by atoms with E-state index in [1.807, 2.05) is 19.1 Å². The highest BCUT2D eigenvalue weighted by atomic mass is 16.2. The lowest BCUT2D eigenvalue weighted by Gasteiger charge is -2.21. The van der Waals surface area contributed by atoms with Gasteiger partial charge in [0.2, 0.25) is 11.8 Å². The highest BCUT2D eigenvalue weighted by Gasteiger charge is 2.35. The van der Waals surface area contributed by atoms with Crippen molar-refractivity contribution in [2.45, 2.75) is 53.0 Å². The summed E-state index contributed by atoms with van der Waals surface area (Å²) in [6, 6.07) is 8.17. The van der Waals surface area contributed by atoms with Crippen molar-refractivity contribution >= 4 is 17.5 Å². The molecule has 2 atom stereocenters. The number of carbonyl (C=O) groups is 2. The van der Waals surface area contributed by atoms with Gasteiger partial charge >= 0.3 is 0 Å². The molecule has 0 spiro atoms. The zero-order valence-corrected chi connectivity index (χ0v) is 14.8. The monoisotopic (exact) mass is 316 g/mol. The van der Waals surface area contributed by atoms with Gasteiger partial charge < -0.3 is 10.2 Å². The molecule has 23 heavy (non-hydrogen) atoms. The second-order valence-electron chi connectivity index (χ2n) is 7.20. The van der Waals surface area contributed by atoms with Gasteiger partial charge in [0.15, 0.2) is 0 Å². The summed E-state index contributed by atoms with van der Waals surface area (Å²) in [5, 5.41) is 3.03. The van der Waals surface area contributed by atoms with Gasteiger partial charge in [0, 0.05) is 24.7 Å². The average Bonchev–Trinajstić information content (AvgIpc) is 2.89. The van der Waals surface area contributed by atoms with Crippen LogP contribution in [-0.2, 0) is 9.59 Å². The van der Waals surface area contributed by atoms with Gasteiger partial charge in [-0.3, -0.25) is 9.59 Å². The van der Waals surface area contributed by atoms with Crippen LogP contribution < -0.4 is 10.2 Å². The lowest BCUT2D eigenvalue weighted by molar-refractivity contribution is -0.127. The van der Waals surface area contributed by atoms with Crippen LogP contribution in [0.4, 0.5) is 5.69 Å². The van der Waals surface area contributed by atoms with Crippen LogP contribution in [-0.4, -0.2) is 24.4 Å². The van der Waals surface area contributed by atoms with Crippen LogP contribution >= 0.6 is 0 Å². The molecule has 2 unspecified atom stereocenters. The topological polar surface area (TPSA) is 49.4 Å². The summed E-state index contributed by atoms with van der Waals surface area (Å²) in [5.41, 5.74) is 2.10. The Morgan fingerprint density at radius 2 is 1.91 bits per heavy atom. The SMILES string of the molecule is CC(C)c1cccc(N2CC(C(=O)NC(C)C(C)C)CC2=O)c1. The molecule has 1 aliphatic rings. The number of hydrogen-bond donors (Lipinski definition) is 1. The first-order chi connectivity index (χ1) is 10.8. The molecule has 4 nitrogen and oxygen atoms in total. The predicted molar refractivity (Wildman–Crippen MR) is 93.4 cm³/mol. The van der Waals surface area contributed by atoms with Crippen molar-refractivity contribution in [2.24, 2.45) is 11.8 Å². The normalized spacial score (nSPS) is 19.5. The molecule has 0 saturated carbocycles. The minimum atomic E-state index is -0.258. The Kier molecular flexibility index (Phi) is 5.45. The number of nitrogens with zero attached hydrogens (tertiary/aromatic N) is 1. The molecule has 0 radical (unpaired) electrons. The van der Waals surface area contributed by atoms with E-state index < -0.39 is 0 Å². The second-order valence-corrected chi connectivity index (χ2v) is 7.20. The van der Waals surface area contributed by atoms with Crippen LogP contribution in [0, 0.1) is 11.8 Å². The zero-order valence-electron chi connectivity index (χ0n) is 14.8. The Bertz CT molecular complexity index is 580. The molecule has 1 aromatic carbocycles. The van der Waals surface area contributed by atoms with E-state index in [-0.39, 0.29) is 23.8 Å². The lowest BCUT2D eigenvalue weighted by atomic mass is 10.0. The number of nitrogens with one attached hydrogen (secondary N) is 1. The summed E-state index contributed by atoms with van der Waals surface area (Å²) in [5.74, 6) is 0.560. The van der Waals surface area contributed by atoms with E-state index in [1.54, 1.807) is 4.90 Å². The fourth-order valence-electron chi connectivity index (χ4n) is 2.69. The van der Waals surface area contributed by atoms with E-state index >= 15 is 0 Å². The van der Waals surface area contributed by atoms with E-state index in [4.69, 9.17) is 0 Å². The number of anilines is 1. The van der Waals surface area contributed by atoms with Crippen LogP contribution in [0.25, 0.3) is 0 Å². The molecule has 1 heterocycles. The number of carbonyl (C=O) groups excluding carboxylic acids is 2. The average molecular weight is 316 g/mol. The van der Waals surface area contributed by atoms with Crippen LogP contribution in [0.5, 0.6) is 0 Å². The van der Waals surface area contributed by atoms with Gasteiger partial charge in [0.1, 0.15) is 0 Å². The molecule has 0 bridgehead atoms. The van der Waals surface area contributed by atoms with E-state index in [1.165, 1.54) is 5.56 Å². The molecule has 1 N–H and O–H groups in total. The minimum Gasteiger partial charge on any atom is -0.353 e. The molecule has 0 aromatic heterocycles. The quantitative estimate of drug-likeness (QED) is 0.906. The van der Waals surface area contributed by atoms with Crippen LogP contribution in [0.2, 0.25) is 0 Å². The minimum absolute atomic E-state index is 0.0120. The summed E-state index contributed by atoms with van der Waals surface area (Å²) in [6.07, 6.45) is 0.294. The number of benzene rings is 1. The molecule has 2 amide bonds. The first-order valence-corrected chi connectivity index (χ1v) is 8.50. The fraction of sp³-hybridized carbons (Fsp3) is 0.579. The summed E-state index contributed by atoms with van der Waals surface area (Å²) in [4.78, 5) is 26.5. The first-order valence-electron chi connectivity index (χ1n) is 8.50. The fourth-order valence-corrected chi connectivity index (χ4v) is 2.69. The van der Waals surface area contributed by atoms with Crippen molar-refractivity contribution in [1.82, 2.24) is 5.32 Å². The summed E-state index contributed by atoms with van der Waals surface area (Å²) in [6.45, 7) is 10.9. The highest BCUT2D eigenvalue weighted by molar-refractivity contribution is 6.00. The van der Waals surface area contributed by atoms with Crippen molar-refractivity contribution in [2.75, 3.05) is 11.4 Å². The zero-order chi connectivity index (χ0) is 17.1. The molecule has 2 rings (SSSR count). The molecule has 1 aromatic rings. The largest absolute Gasteiger partial charge is 0.353 e. The molecule has 1 saturated heterocycles. The van der Waals surface area contributed by atoms with Crippen molar-refractivity contribution in [3.05, 3.63) is 29.8 Å². The van der Waals surface area contributed by atoms with Crippen molar-refractivity contribution in [3.63, 3.8) is 0 Å². The van der Waals surface area contributed by atoms with E-state index in [0.717, 1.165) is 5.69 Å². The molecule has 1 fully saturated rings. The predicted octanol–water partition coefficient (Wildman–Crippen LogP) is 3.32. The summed E-state index contributed by atoms with van der Waals surface area (Å²) >= 11 is 0. The maximum absolute atomic E-state index is 12.4. The standard InChI is InChI=1S/C19H28N2O2/c1-12(2)14(5)20-19(23)16-10-18(22)21(11-16)17-8-6-7-15(9-17)13(3)4/h6-9,12-14,16H,10-11H2,1-5H3,(H,20,23). The van der Waals surface area contributed by atoms with Crippen molar-refractivity contribution < 1.29 is 9.59 Å². The molecule has 1 aliphatic heterocycles. The van der Waals surface area contributed by atoms with Gasteiger partial charge in [-0.2, -0.15) is 0 Å². The third-order valence-electron chi connectivity index (χ3n) is 4.71. The Labute approximate surface area is 139 Å². The maximum atomic E-state index is 12.4. The Morgan fingerprint density at radius 1 is 1.22 bits per heavy atom. The summed E-state index contributed by atoms with van der Waals surface area (Å²) < 4.78 is 0. The third kappa shape index (κ3) is 4.12. The number of amides is 2. The Balaban J connectivity index is 2.08. The van der Waals surface area contributed by atoms with E-state index in [2.05, 4.69) is 45.1 Å². The van der Waals surface area contributed by atoms with Crippen LogP contribution in [0.1, 0.15) is 52.5 Å². The second kappa shape index (κ2) is 7.16. The lowest BCUT2D eigenvalue weighted by Crippen LogP contribution is -2.40. The van der Waals surface area contributed by atoms with Crippen molar-refractivity contribution in [3.8, 4) is 0 Å². The van der Waals surface area contributed by atoms with Gasteiger partial charge in [0.25, 0.3) is 0 Å². The van der Waals surface area contributed by atoms with E-state index in [0.29, 0.717) is 24.8 Å². The third-order valence-corrected chi connectivity index (χ3v) is 4.71. The van der Waals surface area contributed by atoms with Gasteiger partial charge in [-0.05, 0) is 36.5 Å². The first kappa shape index (κ1) is 17.5. The van der Waals surface area contributed by atoms with Crippen LogP contribution in [0.3, 0.4) is 0 Å². The van der Waals surface area contributed by atoms with Gasteiger partial charge in [0.05, 0.1) is 5.92 Å². The van der Waals surface area contributed by atoms with Crippen LogP contribution in [0.15, 0.2) is 24.3 Å². The maximum Gasteiger partial charge on any atom is 0.227 e. The number of rotatable bonds is 5. The summed E-state index contributed by atoms with van der Waals surface area (Å²) in [7, 11) is 0. The highest BCUT2D eigenvalue weighted by Crippen LogP contribution is 2.28. The Morgan fingerprint density at radius 3 is 2.52 bits per heavy atom. The molecule has 0 aliphatic carbocycles. The Hall–Kier alpha value is -1.84. The van der Waals surface area contributed by atoms with E-state index in [9.17, 15) is 9.59 Å². The van der Waals surface area contributed by atoms with Gasteiger partial charge in [-0.15, -0.1) is 0 Å². The molecule has 4 heteroatoms. The van der Waals surface area contributed by atoms with Crippen molar-refractivity contribution in [1.29, 1.82) is 0 Å². The molecular weight excluding hydrogens is 288 g/mol. The smallest absolute Gasteiger partial charge is 0.227 e. The molecular formula is C19H28N2O2. The number of hydrogen-bond acceptors (Lipinski definition) is 2. The van der Waals surface area contributed by atoms with Gasteiger partial charge in [-0.1, -0.05) is 39.8 Å².